The number of carbonyl (C=O) groups excluding carboxylic acids is 2. The summed E-state index contributed by atoms with van der Waals surface area (Å²) < 4.78 is 36.2. The average molecular weight is 489 g/mol. The second-order valence-corrected chi connectivity index (χ2v) is 9.56. The van der Waals surface area contributed by atoms with Gasteiger partial charge in [0.15, 0.2) is 0 Å². The maximum Gasteiger partial charge on any atom is 0.345 e. The second kappa shape index (κ2) is 10.0. The van der Waals surface area contributed by atoms with E-state index in [-0.39, 0.29) is 27.1 Å². The molecule has 0 bridgehead atoms. The molecule has 0 saturated heterocycles. The van der Waals surface area contributed by atoms with E-state index in [1.54, 1.807) is 36.4 Å². The minimum Gasteiger partial charge on any atom is -0.496 e. The fourth-order valence-corrected chi connectivity index (χ4v) is 3.95. The quantitative estimate of drug-likeness (QED) is 0.397. The molecule has 0 aliphatic rings. The second-order valence-electron chi connectivity index (χ2n) is 7.00. The van der Waals surface area contributed by atoms with E-state index in [2.05, 4.69) is 5.32 Å². The van der Waals surface area contributed by atoms with Crippen LogP contribution in [0.25, 0.3) is 0 Å². The summed E-state index contributed by atoms with van der Waals surface area (Å²) in [7, 11) is 0.499. The summed E-state index contributed by atoms with van der Waals surface area (Å²) in [5, 5.41) is 2.79. The molecule has 1 amide bonds. The lowest BCUT2D eigenvalue weighted by Gasteiger charge is -2.13. The number of amides is 1. The molecule has 8 nitrogen and oxygen atoms in total. The summed E-state index contributed by atoms with van der Waals surface area (Å²) in [6.07, 6.45) is 0. The maximum absolute atomic E-state index is 12.6. The van der Waals surface area contributed by atoms with Crippen molar-refractivity contribution in [2.24, 2.45) is 0 Å². The summed E-state index contributed by atoms with van der Waals surface area (Å²) in [6, 6.07) is 16.7. The minimum absolute atomic E-state index is 0.0541. The zero-order chi connectivity index (χ0) is 24.2. The van der Waals surface area contributed by atoms with Crippen molar-refractivity contribution < 1.29 is 27.5 Å². The Morgan fingerprint density at radius 3 is 2.24 bits per heavy atom. The van der Waals surface area contributed by atoms with Crippen LogP contribution in [0.3, 0.4) is 0 Å². The molecule has 0 aromatic heterocycles. The molecule has 0 heterocycles. The Morgan fingerprint density at radius 1 is 0.939 bits per heavy atom. The number of hydrogen-bond donors (Lipinski definition) is 1. The van der Waals surface area contributed by atoms with Crippen LogP contribution in [0.1, 0.15) is 20.7 Å². The van der Waals surface area contributed by atoms with Gasteiger partial charge in [-0.05, 0) is 54.6 Å². The first-order valence-corrected chi connectivity index (χ1v) is 11.4. The highest BCUT2D eigenvalue weighted by Gasteiger charge is 2.22. The van der Waals surface area contributed by atoms with Crippen LogP contribution < -0.4 is 14.8 Å². The van der Waals surface area contributed by atoms with Crippen molar-refractivity contribution in [3.05, 3.63) is 82.9 Å². The van der Waals surface area contributed by atoms with Gasteiger partial charge in [-0.2, -0.15) is 0 Å². The molecule has 0 fully saturated rings. The Balaban J connectivity index is 1.74. The smallest absolute Gasteiger partial charge is 0.345 e. The van der Waals surface area contributed by atoms with Gasteiger partial charge >= 0.3 is 5.97 Å². The van der Waals surface area contributed by atoms with Crippen LogP contribution in [0.2, 0.25) is 5.02 Å². The monoisotopic (exact) mass is 488 g/mol. The number of sulfonamides is 1. The van der Waals surface area contributed by atoms with Gasteiger partial charge in [0.1, 0.15) is 11.5 Å². The van der Waals surface area contributed by atoms with Gasteiger partial charge in [-0.3, -0.25) is 4.79 Å². The molecule has 172 valence electrons. The number of carbonyl (C=O) groups is 2. The summed E-state index contributed by atoms with van der Waals surface area (Å²) in [5.41, 5.74) is 0.758. The number of hydrogen-bond acceptors (Lipinski definition) is 6. The highest BCUT2D eigenvalue weighted by Crippen LogP contribution is 2.25. The first kappa shape index (κ1) is 24.2. The van der Waals surface area contributed by atoms with Gasteiger partial charge in [-0.25, -0.2) is 17.5 Å². The van der Waals surface area contributed by atoms with Crippen molar-refractivity contribution in [3.63, 3.8) is 0 Å². The molecule has 3 aromatic carbocycles. The third kappa shape index (κ3) is 5.51. The molecule has 0 aliphatic carbocycles. The van der Waals surface area contributed by atoms with Gasteiger partial charge in [0.25, 0.3) is 5.91 Å². The zero-order valence-corrected chi connectivity index (χ0v) is 19.6. The van der Waals surface area contributed by atoms with Crippen LogP contribution >= 0.6 is 11.6 Å². The first-order chi connectivity index (χ1) is 15.6. The number of anilines is 1. The third-order valence-corrected chi connectivity index (χ3v) is 6.75. The number of ether oxygens (including phenoxy) is 2. The molecule has 0 saturated carbocycles. The molecule has 3 rings (SSSR count). The van der Waals surface area contributed by atoms with Crippen molar-refractivity contribution in [2.45, 2.75) is 4.90 Å². The number of nitrogens with zero attached hydrogens (tertiary/aromatic N) is 1. The largest absolute Gasteiger partial charge is 0.496 e. The van der Waals surface area contributed by atoms with Gasteiger partial charge in [-0.15, -0.1) is 0 Å². The Kier molecular flexibility index (Phi) is 7.37. The van der Waals surface area contributed by atoms with Gasteiger partial charge in [0, 0.05) is 19.8 Å². The SMILES string of the molecule is COc1ccccc1C(=O)Nc1ccc(OC(=O)c2cc(S(=O)(=O)N(C)C)ccc2Cl)cc1. The first-order valence-electron chi connectivity index (χ1n) is 9.62. The number of halogens is 1. The molecule has 1 N–H and O–H groups in total. The highest BCUT2D eigenvalue weighted by atomic mass is 35.5. The van der Waals surface area contributed by atoms with Gasteiger partial charge in [0.05, 0.1) is 28.2 Å². The fraction of sp³-hybridized carbons (Fsp3) is 0.130. The lowest BCUT2D eigenvalue weighted by atomic mass is 10.2. The third-order valence-electron chi connectivity index (χ3n) is 4.61. The van der Waals surface area contributed by atoms with Crippen molar-refractivity contribution in [3.8, 4) is 11.5 Å². The average Bonchev–Trinajstić information content (AvgIpc) is 2.80. The van der Waals surface area contributed by atoms with Crippen LogP contribution in [0.15, 0.2) is 71.6 Å². The number of rotatable bonds is 7. The standard InChI is InChI=1S/C23H21ClN2O6S/c1-26(2)33(29,30)17-12-13-20(24)19(14-17)23(28)32-16-10-8-15(9-11-16)25-22(27)18-6-4-5-7-21(18)31-3/h4-14H,1-3H3,(H,25,27). The molecule has 33 heavy (non-hydrogen) atoms. The number of nitrogens with one attached hydrogen (secondary N) is 1. The topological polar surface area (TPSA) is 102 Å². The summed E-state index contributed by atoms with van der Waals surface area (Å²) in [6.45, 7) is 0. The van der Waals surface area contributed by atoms with Crippen LogP contribution in [0.4, 0.5) is 5.69 Å². The number of esters is 1. The van der Waals surface area contributed by atoms with Crippen LogP contribution in [0.5, 0.6) is 11.5 Å². The van der Waals surface area contributed by atoms with Crippen molar-refractivity contribution in [2.75, 3.05) is 26.5 Å². The van der Waals surface area contributed by atoms with E-state index in [9.17, 15) is 18.0 Å². The Labute approximate surface area is 196 Å². The van der Waals surface area contributed by atoms with E-state index in [0.29, 0.717) is 17.0 Å². The highest BCUT2D eigenvalue weighted by molar-refractivity contribution is 7.89. The lowest BCUT2D eigenvalue weighted by Crippen LogP contribution is -2.22. The predicted octanol–water partition coefficient (Wildman–Crippen LogP) is 4.07. The van der Waals surface area contributed by atoms with Crippen LogP contribution in [-0.4, -0.2) is 45.8 Å². The number of methoxy groups -OCH3 is 1. The number of benzene rings is 3. The zero-order valence-electron chi connectivity index (χ0n) is 18.0. The normalized spacial score (nSPS) is 11.2. The fourth-order valence-electron chi connectivity index (χ4n) is 2.83. The van der Waals surface area contributed by atoms with Crippen LogP contribution in [-0.2, 0) is 10.0 Å². The van der Waals surface area contributed by atoms with E-state index >= 15 is 0 Å². The van der Waals surface area contributed by atoms with E-state index in [4.69, 9.17) is 21.1 Å². The molecule has 0 unspecified atom stereocenters. The molecule has 10 heteroatoms. The molecule has 3 aromatic rings. The predicted molar refractivity (Wildman–Crippen MR) is 125 cm³/mol. The Bertz CT molecular complexity index is 1290. The summed E-state index contributed by atoms with van der Waals surface area (Å²) in [4.78, 5) is 25.0. The summed E-state index contributed by atoms with van der Waals surface area (Å²) in [5.74, 6) is -0.548. The van der Waals surface area contributed by atoms with Gasteiger partial charge in [-0.1, -0.05) is 23.7 Å². The van der Waals surface area contributed by atoms with Crippen molar-refractivity contribution >= 4 is 39.2 Å². The van der Waals surface area contributed by atoms with Crippen LogP contribution in [0, 0.1) is 0 Å². The van der Waals surface area contributed by atoms with E-state index in [1.807, 2.05) is 0 Å². The van der Waals surface area contributed by atoms with Gasteiger partial charge < -0.3 is 14.8 Å². The Morgan fingerprint density at radius 2 is 1.61 bits per heavy atom. The summed E-state index contributed by atoms with van der Waals surface area (Å²) >= 11 is 6.09. The molecule has 0 spiro atoms. The maximum atomic E-state index is 12.6. The molecule has 0 atom stereocenters. The Hall–Kier alpha value is -3.40. The molecular weight excluding hydrogens is 468 g/mol. The molecular formula is C23H21ClN2O6S. The van der Waals surface area contributed by atoms with E-state index in [1.165, 1.54) is 51.5 Å². The van der Waals surface area contributed by atoms with Gasteiger partial charge in [0.2, 0.25) is 10.0 Å². The van der Waals surface area contributed by atoms with Crippen molar-refractivity contribution in [1.82, 2.24) is 4.31 Å². The van der Waals surface area contributed by atoms with E-state index < -0.39 is 16.0 Å². The minimum atomic E-state index is -3.75. The van der Waals surface area contributed by atoms with Crippen molar-refractivity contribution in [1.29, 1.82) is 0 Å². The molecule has 0 radical (unpaired) electrons. The van der Waals surface area contributed by atoms with E-state index in [0.717, 1.165) is 4.31 Å². The lowest BCUT2D eigenvalue weighted by molar-refractivity contribution is 0.0734. The molecule has 0 aliphatic heterocycles. The number of para-hydroxylation sites is 1.